The van der Waals surface area contributed by atoms with Crippen molar-refractivity contribution in [1.82, 2.24) is 20.9 Å². The van der Waals surface area contributed by atoms with E-state index in [0.717, 1.165) is 16.5 Å². The van der Waals surface area contributed by atoms with Gasteiger partial charge in [-0.3, -0.25) is 14.4 Å². The normalized spacial score (nSPS) is 13.6. The van der Waals surface area contributed by atoms with Crippen LogP contribution in [-0.4, -0.2) is 82.5 Å². The molecule has 2 rings (SSSR count). The van der Waals surface area contributed by atoms with Crippen LogP contribution in [0.3, 0.4) is 0 Å². The summed E-state index contributed by atoms with van der Waals surface area (Å²) in [4.78, 5) is 52.1. The average molecular weight is 524 g/mol. The number of benzene rings is 1. The summed E-state index contributed by atoms with van der Waals surface area (Å²) in [5, 5.41) is 17.8. The van der Waals surface area contributed by atoms with Gasteiger partial charge in [-0.2, -0.15) is 23.5 Å². The molecule has 0 aliphatic heterocycles. The van der Waals surface area contributed by atoms with Gasteiger partial charge in [-0.25, -0.2) is 4.79 Å². The highest BCUT2D eigenvalue weighted by Crippen LogP contribution is 2.18. The lowest BCUT2D eigenvalue weighted by Crippen LogP contribution is -2.54. The van der Waals surface area contributed by atoms with Crippen molar-refractivity contribution < 1.29 is 24.3 Å². The molecule has 3 amide bonds. The molecule has 0 saturated carbocycles. The summed E-state index contributed by atoms with van der Waals surface area (Å²) in [6.07, 6.45) is 6.46. The number of nitrogens with two attached hydrogens (primary N) is 1. The predicted octanol–water partition coefficient (Wildman–Crippen LogP) is 0.714. The van der Waals surface area contributed by atoms with Crippen LogP contribution in [0.5, 0.6) is 0 Å². The Morgan fingerprint density at radius 2 is 1.66 bits per heavy atom. The van der Waals surface area contributed by atoms with Gasteiger partial charge in [0.1, 0.15) is 12.1 Å². The highest BCUT2D eigenvalue weighted by atomic mass is 32.2. The monoisotopic (exact) mass is 523 g/mol. The van der Waals surface area contributed by atoms with Crippen LogP contribution >= 0.6 is 23.5 Å². The number of carboxylic acid groups (broad SMARTS) is 1. The maximum Gasteiger partial charge on any atom is 0.326 e. The Balaban J connectivity index is 1.93. The third-order valence-electron chi connectivity index (χ3n) is 5.36. The topological polar surface area (TPSA) is 166 Å². The zero-order valence-corrected chi connectivity index (χ0v) is 21.5. The number of rotatable bonds is 15. The summed E-state index contributed by atoms with van der Waals surface area (Å²) in [7, 11) is 0. The number of aromatic nitrogens is 1. The molecular formula is C23H33N5O5S2. The highest BCUT2D eigenvalue weighted by molar-refractivity contribution is 7.98. The SMILES string of the molecule is CSCCC(NC(=O)CNC(=O)C(CCSC)NC(=O)C(N)Cc1c[nH]c2ccccc12)C(=O)O. The number of hydrogen-bond acceptors (Lipinski definition) is 7. The maximum absolute atomic E-state index is 12.8. The second-order valence-corrected chi connectivity index (χ2v) is 9.94. The third-order valence-corrected chi connectivity index (χ3v) is 6.65. The molecule has 1 aromatic heterocycles. The fourth-order valence-corrected chi connectivity index (χ4v) is 4.39. The van der Waals surface area contributed by atoms with Crippen molar-refractivity contribution in [3.63, 3.8) is 0 Å². The number of thioether (sulfide) groups is 2. The zero-order chi connectivity index (χ0) is 25.8. The Kier molecular flexibility index (Phi) is 11.9. The molecule has 12 heteroatoms. The van der Waals surface area contributed by atoms with Crippen LogP contribution in [0.2, 0.25) is 0 Å². The molecule has 0 fully saturated rings. The molecule has 0 aliphatic carbocycles. The summed E-state index contributed by atoms with van der Waals surface area (Å²) < 4.78 is 0. The number of nitrogens with one attached hydrogen (secondary N) is 4. The number of carbonyl (C=O) groups is 4. The van der Waals surface area contributed by atoms with E-state index in [9.17, 15) is 24.3 Å². The van der Waals surface area contributed by atoms with Crippen LogP contribution in [0.1, 0.15) is 18.4 Å². The molecule has 3 atom stereocenters. The summed E-state index contributed by atoms with van der Waals surface area (Å²) >= 11 is 2.99. The van der Waals surface area contributed by atoms with E-state index in [0.29, 0.717) is 24.3 Å². The molecule has 2 aromatic rings. The number of para-hydroxylation sites is 1. The van der Waals surface area contributed by atoms with E-state index in [2.05, 4.69) is 20.9 Å². The lowest BCUT2D eigenvalue weighted by molar-refractivity contribution is -0.141. The number of carbonyl (C=O) groups excluding carboxylic acids is 3. The van der Waals surface area contributed by atoms with E-state index >= 15 is 0 Å². The standard InChI is InChI=1S/C23H33N5O5S2/c1-34-9-7-18(22(31)26-13-20(29)27-19(23(32)33)8-10-35-2)28-21(30)16(24)11-14-12-25-17-6-4-3-5-15(14)17/h3-6,12,16,18-19,25H,7-11,13,24H2,1-2H3,(H,26,31)(H,27,29)(H,28,30)(H,32,33). The van der Waals surface area contributed by atoms with Gasteiger partial charge >= 0.3 is 5.97 Å². The molecule has 192 valence electrons. The number of fused-ring (bicyclic) bond motifs is 1. The molecule has 0 spiro atoms. The number of amides is 3. The molecule has 0 saturated heterocycles. The predicted molar refractivity (Wildman–Crippen MR) is 140 cm³/mol. The van der Waals surface area contributed by atoms with Gasteiger partial charge in [-0.1, -0.05) is 18.2 Å². The van der Waals surface area contributed by atoms with E-state index in [1.165, 1.54) is 23.5 Å². The Hall–Kier alpha value is -2.70. The van der Waals surface area contributed by atoms with Crippen molar-refractivity contribution in [2.45, 2.75) is 37.4 Å². The summed E-state index contributed by atoms with van der Waals surface area (Å²) in [6.45, 7) is -0.394. The van der Waals surface area contributed by atoms with Gasteiger partial charge in [0, 0.05) is 17.1 Å². The minimum Gasteiger partial charge on any atom is -0.480 e. The lowest BCUT2D eigenvalue weighted by atomic mass is 10.0. The number of aromatic amines is 1. The maximum atomic E-state index is 12.8. The molecule has 3 unspecified atom stereocenters. The van der Waals surface area contributed by atoms with Gasteiger partial charge in [0.15, 0.2) is 0 Å². The van der Waals surface area contributed by atoms with Crippen LogP contribution in [0.25, 0.3) is 10.9 Å². The largest absolute Gasteiger partial charge is 0.480 e. The first kappa shape index (κ1) is 28.5. The molecule has 10 nitrogen and oxygen atoms in total. The van der Waals surface area contributed by atoms with Crippen molar-refractivity contribution in [2.75, 3.05) is 30.6 Å². The molecular weight excluding hydrogens is 490 g/mol. The molecule has 35 heavy (non-hydrogen) atoms. The first-order chi connectivity index (χ1) is 16.8. The van der Waals surface area contributed by atoms with Gasteiger partial charge < -0.3 is 31.8 Å². The molecule has 1 aromatic carbocycles. The quantitative estimate of drug-likeness (QED) is 0.199. The first-order valence-corrected chi connectivity index (χ1v) is 13.9. The number of H-pyrrole nitrogens is 1. The number of carboxylic acids is 1. The van der Waals surface area contributed by atoms with Gasteiger partial charge in [0.2, 0.25) is 17.7 Å². The Morgan fingerprint density at radius 3 is 2.31 bits per heavy atom. The lowest BCUT2D eigenvalue weighted by Gasteiger charge is -2.21. The first-order valence-electron chi connectivity index (χ1n) is 11.2. The fourth-order valence-electron chi connectivity index (χ4n) is 3.44. The molecule has 1 heterocycles. The minimum absolute atomic E-state index is 0.275. The summed E-state index contributed by atoms with van der Waals surface area (Å²) in [5.41, 5.74) is 7.99. The third kappa shape index (κ3) is 9.11. The van der Waals surface area contributed by atoms with Crippen LogP contribution in [0.4, 0.5) is 0 Å². The van der Waals surface area contributed by atoms with Crippen molar-refractivity contribution >= 4 is 58.1 Å². The van der Waals surface area contributed by atoms with Crippen LogP contribution in [0, 0.1) is 0 Å². The number of hydrogen-bond donors (Lipinski definition) is 6. The summed E-state index contributed by atoms with van der Waals surface area (Å²) in [5.74, 6) is -1.56. The van der Waals surface area contributed by atoms with Crippen molar-refractivity contribution in [3.05, 3.63) is 36.0 Å². The Morgan fingerprint density at radius 1 is 1.00 bits per heavy atom. The summed E-state index contributed by atoms with van der Waals surface area (Å²) in [6, 6.07) is 4.94. The smallest absolute Gasteiger partial charge is 0.326 e. The molecule has 0 radical (unpaired) electrons. The van der Waals surface area contributed by atoms with Gasteiger partial charge in [0.25, 0.3) is 0 Å². The van der Waals surface area contributed by atoms with Gasteiger partial charge in [0.05, 0.1) is 12.6 Å². The van der Waals surface area contributed by atoms with Crippen LogP contribution < -0.4 is 21.7 Å². The second-order valence-electron chi connectivity index (χ2n) is 7.97. The zero-order valence-electron chi connectivity index (χ0n) is 19.8. The van der Waals surface area contributed by atoms with Crippen molar-refractivity contribution in [2.24, 2.45) is 5.73 Å². The second kappa shape index (κ2) is 14.6. The molecule has 7 N–H and O–H groups in total. The Labute approximate surface area is 212 Å². The van der Waals surface area contributed by atoms with Gasteiger partial charge in [-0.05, 0) is 54.9 Å². The minimum atomic E-state index is -1.13. The molecule has 0 aliphatic rings. The average Bonchev–Trinajstić information content (AvgIpc) is 3.25. The van der Waals surface area contributed by atoms with E-state index < -0.39 is 48.4 Å². The van der Waals surface area contributed by atoms with Crippen LogP contribution in [-0.2, 0) is 25.6 Å². The van der Waals surface area contributed by atoms with Crippen molar-refractivity contribution in [3.8, 4) is 0 Å². The van der Waals surface area contributed by atoms with Crippen LogP contribution in [0.15, 0.2) is 30.5 Å². The molecule has 0 bridgehead atoms. The Bertz CT molecular complexity index is 1020. The number of aliphatic carboxylic acids is 1. The van der Waals surface area contributed by atoms with E-state index in [1.807, 2.05) is 43.0 Å². The van der Waals surface area contributed by atoms with E-state index in [-0.39, 0.29) is 6.42 Å². The van der Waals surface area contributed by atoms with E-state index in [4.69, 9.17) is 5.73 Å². The van der Waals surface area contributed by atoms with Crippen molar-refractivity contribution in [1.29, 1.82) is 0 Å². The fraction of sp³-hybridized carbons (Fsp3) is 0.478. The highest BCUT2D eigenvalue weighted by Gasteiger charge is 2.25. The van der Waals surface area contributed by atoms with E-state index in [1.54, 1.807) is 0 Å². The van der Waals surface area contributed by atoms with Gasteiger partial charge in [-0.15, -0.1) is 0 Å².